The van der Waals surface area contributed by atoms with Crippen LogP contribution in [0.5, 0.6) is 0 Å². The van der Waals surface area contributed by atoms with E-state index in [2.05, 4.69) is 22.8 Å². The molecule has 3 aliphatic rings. The Hall–Kier alpha value is -0.920. The number of hydrogen-bond donors (Lipinski definition) is 2. The van der Waals surface area contributed by atoms with Crippen molar-refractivity contribution in [3.8, 4) is 0 Å². The fourth-order valence-electron chi connectivity index (χ4n) is 3.56. The topological polar surface area (TPSA) is 24.1 Å². The van der Waals surface area contributed by atoms with Gasteiger partial charge in [0, 0.05) is 29.9 Å². The zero-order valence-electron chi connectivity index (χ0n) is 10.0. The van der Waals surface area contributed by atoms with E-state index in [1.54, 1.807) is 0 Å². The highest BCUT2D eigenvalue weighted by molar-refractivity contribution is 5.32. The Bertz CT molecular complexity index is 296. The van der Waals surface area contributed by atoms with Gasteiger partial charge in [0.05, 0.1) is 0 Å². The largest absolute Gasteiger partial charge is 0.388 e. The molecule has 3 rings (SSSR count). The monoisotopic (exact) mass is 218 g/mol. The maximum Gasteiger partial charge on any atom is 0.0490 e. The van der Waals surface area contributed by atoms with Gasteiger partial charge in [-0.2, -0.15) is 0 Å². The van der Waals surface area contributed by atoms with Gasteiger partial charge in [0.1, 0.15) is 0 Å². The summed E-state index contributed by atoms with van der Waals surface area (Å²) in [5.41, 5.74) is 3.38. The van der Waals surface area contributed by atoms with E-state index in [9.17, 15) is 0 Å². The van der Waals surface area contributed by atoms with E-state index >= 15 is 0 Å². The molecule has 88 valence electrons. The standard InChI is InChI=1S/C14H22N2/c1-2-8-14(9-3-1,12-6-4-10-15-12)13-7-5-11-16-13/h6-7,15-16H,1-5,8-11H2. The van der Waals surface area contributed by atoms with Gasteiger partial charge < -0.3 is 10.6 Å². The average molecular weight is 218 g/mol. The third-order valence-electron chi connectivity index (χ3n) is 4.35. The minimum absolute atomic E-state index is 0.339. The van der Waals surface area contributed by atoms with Crippen LogP contribution in [-0.4, -0.2) is 13.1 Å². The van der Waals surface area contributed by atoms with Gasteiger partial charge in [0.2, 0.25) is 0 Å². The first kappa shape index (κ1) is 10.2. The molecule has 0 atom stereocenters. The zero-order valence-corrected chi connectivity index (χ0v) is 10.0. The zero-order chi connectivity index (χ0) is 10.8. The van der Waals surface area contributed by atoms with Gasteiger partial charge in [0.25, 0.3) is 0 Å². The third-order valence-corrected chi connectivity index (χ3v) is 4.35. The predicted octanol–water partition coefficient (Wildman–Crippen LogP) is 2.69. The molecule has 2 nitrogen and oxygen atoms in total. The van der Waals surface area contributed by atoms with E-state index in [4.69, 9.17) is 0 Å². The van der Waals surface area contributed by atoms with E-state index < -0.39 is 0 Å². The van der Waals surface area contributed by atoms with Gasteiger partial charge in [-0.25, -0.2) is 0 Å². The van der Waals surface area contributed by atoms with Crippen molar-refractivity contribution in [2.75, 3.05) is 13.1 Å². The van der Waals surface area contributed by atoms with Crippen LogP contribution in [0.4, 0.5) is 0 Å². The molecule has 0 aromatic rings. The molecular weight excluding hydrogens is 196 g/mol. The highest BCUT2D eigenvalue weighted by Gasteiger charge is 2.40. The second-order valence-corrected chi connectivity index (χ2v) is 5.31. The summed E-state index contributed by atoms with van der Waals surface area (Å²) < 4.78 is 0. The summed E-state index contributed by atoms with van der Waals surface area (Å²) in [5, 5.41) is 7.25. The SMILES string of the molecule is C1=C(C2(C3=CCCN3)CCCCC2)NCC1. The predicted molar refractivity (Wildman–Crippen MR) is 66.9 cm³/mol. The van der Waals surface area contributed by atoms with Crippen LogP contribution in [0.15, 0.2) is 23.5 Å². The van der Waals surface area contributed by atoms with Crippen molar-refractivity contribution in [3.63, 3.8) is 0 Å². The summed E-state index contributed by atoms with van der Waals surface area (Å²) in [6.45, 7) is 2.29. The molecular formula is C14H22N2. The van der Waals surface area contributed by atoms with Crippen LogP contribution < -0.4 is 10.6 Å². The van der Waals surface area contributed by atoms with Gasteiger partial charge in [0.15, 0.2) is 0 Å². The van der Waals surface area contributed by atoms with Crippen LogP contribution in [0.25, 0.3) is 0 Å². The molecule has 1 aliphatic carbocycles. The summed E-state index contributed by atoms with van der Waals surface area (Å²) in [6.07, 6.45) is 14.2. The maximum absolute atomic E-state index is 3.62. The Labute approximate surface area is 98.2 Å². The van der Waals surface area contributed by atoms with Crippen molar-refractivity contribution in [1.29, 1.82) is 0 Å². The molecule has 0 radical (unpaired) electrons. The second-order valence-electron chi connectivity index (χ2n) is 5.31. The lowest BCUT2D eigenvalue weighted by Gasteiger charge is -2.40. The summed E-state index contributed by atoms with van der Waals surface area (Å²) in [7, 11) is 0. The molecule has 0 aromatic heterocycles. The van der Waals surface area contributed by atoms with Gasteiger partial charge >= 0.3 is 0 Å². The summed E-state index contributed by atoms with van der Waals surface area (Å²) in [6, 6.07) is 0. The van der Waals surface area contributed by atoms with Crippen LogP contribution in [-0.2, 0) is 0 Å². The minimum Gasteiger partial charge on any atom is -0.388 e. The third kappa shape index (κ3) is 1.55. The number of hydrogen-bond acceptors (Lipinski definition) is 2. The fourth-order valence-corrected chi connectivity index (χ4v) is 3.56. The molecule has 2 heterocycles. The molecule has 0 bridgehead atoms. The smallest absolute Gasteiger partial charge is 0.0490 e. The molecule has 0 saturated heterocycles. The summed E-state index contributed by atoms with van der Waals surface area (Å²) >= 11 is 0. The van der Waals surface area contributed by atoms with Crippen molar-refractivity contribution in [3.05, 3.63) is 23.5 Å². The first-order valence-electron chi connectivity index (χ1n) is 6.81. The van der Waals surface area contributed by atoms with Crippen molar-refractivity contribution in [2.24, 2.45) is 5.41 Å². The van der Waals surface area contributed by atoms with Crippen LogP contribution in [0.2, 0.25) is 0 Å². The summed E-state index contributed by atoms with van der Waals surface area (Å²) in [4.78, 5) is 0. The average Bonchev–Trinajstić information content (AvgIpc) is 3.04. The lowest BCUT2D eigenvalue weighted by molar-refractivity contribution is 0.268. The molecule has 16 heavy (non-hydrogen) atoms. The van der Waals surface area contributed by atoms with E-state index in [1.807, 2.05) is 0 Å². The van der Waals surface area contributed by atoms with E-state index in [0.29, 0.717) is 5.41 Å². The van der Waals surface area contributed by atoms with Crippen molar-refractivity contribution < 1.29 is 0 Å². The van der Waals surface area contributed by atoms with E-state index in [0.717, 1.165) is 13.1 Å². The second kappa shape index (κ2) is 4.15. The van der Waals surface area contributed by atoms with Crippen molar-refractivity contribution in [1.82, 2.24) is 10.6 Å². The van der Waals surface area contributed by atoms with Gasteiger partial charge in [-0.05, 0) is 25.7 Å². The van der Waals surface area contributed by atoms with E-state index in [-0.39, 0.29) is 0 Å². The number of rotatable bonds is 2. The first-order valence-corrected chi connectivity index (χ1v) is 6.81. The number of nitrogens with one attached hydrogen (secondary N) is 2. The lowest BCUT2D eigenvalue weighted by Crippen LogP contribution is -2.37. The van der Waals surface area contributed by atoms with Crippen LogP contribution >= 0.6 is 0 Å². The van der Waals surface area contributed by atoms with Crippen molar-refractivity contribution >= 4 is 0 Å². The molecule has 0 amide bonds. The summed E-state index contributed by atoms with van der Waals surface area (Å²) in [5.74, 6) is 0. The molecule has 0 spiro atoms. The fraction of sp³-hybridized carbons (Fsp3) is 0.714. The van der Waals surface area contributed by atoms with Crippen LogP contribution in [0, 0.1) is 5.41 Å². The van der Waals surface area contributed by atoms with Gasteiger partial charge in [-0.3, -0.25) is 0 Å². The molecule has 0 aromatic carbocycles. The van der Waals surface area contributed by atoms with E-state index in [1.165, 1.54) is 56.3 Å². The van der Waals surface area contributed by atoms with Crippen molar-refractivity contribution in [2.45, 2.75) is 44.9 Å². The first-order chi connectivity index (χ1) is 7.92. The molecule has 2 aliphatic heterocycles. The Kier molecular flexibility index (Phi) is 2.66. The lowest BCUT2D eigenvalue weighted by atomic mass is 9.69. The highest BCUT2D eigenvalue weighted by Crippen LogP contribution is 2.48. The maximum atomic E-state index is 3.62. The van der Waals surface area contributed by atoms with Gasteiger partial charge in [-0.15, -0.1) is 0 Å². The normalized spacial score (nSPS) is 28.0. The molecule has 1 fully saturated rings. The molecule has 2 heteroatoms. The Balaban J connectivity index is 1.92. The Morgan fingerprint density at radius 3 is 1.81 bits per heavy atom. The Morgan fingerprint density at radius 2 is 1.38 bits per heavy atom. The minimum atomic E-state index is 0.339. The quantitative estimate of drug-likeness (QED) is 0.744. The van der Waals surface area contributed by atoms with Crippen LogP contribution in [0.3, 0.4) is 0 Å². The van der Waals surface area contributed by atoms with Crippen LogP contribution in [0.1, 0.15) is 44.9 Å². The highest BCUT2D eigenvalue weighted by atomic mass is 15.0. The molecule has 0 unspecified atom stereocenters. The molecule has 1 saturated carbocycles. The van der Waals surface area contributed by atoms with Gasteiger partial charge in [-0.1, -0.05) is 31.4 Å². The molecule has 2 N–H and O–H groups in total. The Morgan fingerprint density at radius 1 is 0.812 bits per heavy atom.